The summed E-state index contributed by atoms with van der Waals surface area (Å²) in [5.74, 6) is 0.218. The SMILES string of the molecule is O=C(Cc1ccc(OC(F)F)cc1)N1CCN(C2CCCC2)CC1. The first kappa shape index (κ1) is 17.1. The van der Waals surface area contributed by atoms with Crippen molar-refractivity contribution in [1.82, 2.24) is 9.80 Å². The van der Waals surface area contributed by atoms with Gasteiger partial charge in [0, 0.05) is 32.2 Å². The van der Waals surface area contributed by atoms with Crippen LogP contribution in [0.25, 0.3) is 0 Å². The molecule has 24 heavy (non-hydrogen) atoms. The largest absolute Gasteiger partial charge is 0.435 e. The van der Waals surface area contributed by atoms with E-state index in [9.17, 15) is 13.6 Å². The fraction of sp³-hybridized carbons (Fsp3) is 0.611. The Hall–Kier alpha value is -1.69. The standard InChI is InChI=1S/C18H24F2N2O2/c19-18(20)24-16-7-5-14(6-8-16)13-17(23)22-11-9-21(10-12-22)15-3-1-2-4-15/h5-8,15,18H,1-4,9-13H2. The van der Waals surface area contributed by atoms with Crippen molar-refractivity contribution < 1.29 is 18.3 Å². The Kier molecular flexibility index (Phi) is 5.66. The second-order valence-corrected chi connectivity index (χ2v) is 6.55. The van der Waals surface area contributed by atoms with Crippen molar-refractivity contribution in [2.45, 2.75) is 44.8 Å². The molecule has 1 aromatic carbocycles. The molecule has 1 amide bonds. The Morgan fingerprint density at radius 3 is 2.29 bits per heavy atom. The highest BCUT2D eigenvalue weighted by molar-refractivity contribution is 5.79. The number of ether oxygens (including phenoxy) is 1. The number of hydrogen-bond donors (Lipinski definition) is 0. The average Bonchev–Trinajstić information content (AvgIpc) is 3.11. The third kappa shape index (κ3) is 4.44. The lowest BCUT2D eigenvalue weighted by Gasteiger charge is -2.38. The van der Waals surface area contributed by atoms with Gasteiger partial charge in [-0.25, -0.2) is 0 Å². The van der Waals surface area contributed by atoms with Gasteiger partial charge in [0.2, 0.25) is 5.91 Å². The minimum atomic E-state index is -2.83. The highest BCUT2D eigenvalue weighted by atomic mass is 19.3. The number of hydrogen-bond acceptors (Lipinski definition) is 3. The van der Waals surface area contributed by atoms with Gasteiger partial charge in [-0.1, -0.05) is 25.0 Å². The molecule has 1 saturated carbocycles. The lowest BCUT2D eigenvalue weighted by Crippen LogP contribution is -2.51. The van der Waals surface area contributed by atoms with Crippen molar-refractivity contribution in [3.8, 4) is 5.75 Å². The second kappa shape index (κ2) is 7.92. The minimum absolute atomic E-state index is 0.101. The maximum atomic E-state index is 12.4. The van der Waals surface area contributed by atoms with Crippen molar-refractivity contribution in [3.63, 3.8) is 0 Å². The molecular formula is C18H24F2N2O2. The molecule has 0 bridgehead atoms. The van der Waals surface area contributed by atoms with Crippen molar-refractivity contribution in [1.29, 1.82) is 0 Å². The van der Waals surface area contributed by atoms with Crippen LogP contribution < -0.4 is 4.74 Å². The Morgan fingerprint density at radius 2 is 1.71 bits per heavy atom. The molecule has 2 aliphatic rings. The zero-order chi connectivity index (χ0) is 16.9. The van der Waals surface area contributed by atoms with Gasteiger partial charge in [-0.15, -0.1) is 0 Å². The Morgan fingerprint density at radius 1 is 1.08 bits per heavy atom. The van der Waals surface area contributed by atoms with Crippen LogP contribution in [0.5, 0.6) is 5.75 Å². The molecule has 0 spiro atoms. The van der Waals surface area contributed by atoms with E-state index < -0.39 is 6.61 Å². The maximum Gasteiger partial charge on any atom is 0.387 e. The van der Waals surface area contributed by atoms with Crippen LogP contribution in [0.4, 0.5) is 8.78 Å². The van der Waals surface area contributed by atoms with Gasteiger partial charge >= 0.3 is 6.61 Å². The van der Waals surface area contributed by atoms with Crippen LogP contribution in [-0.2, 0) is 11.2 Å². The number of alkyl halides is 2. The van der Waals surface area contributed by atoms with Crippen molar-refractivity contribution in [2.24, 2.45) is 0 Å². The van der Waals surface area contributed by atoms with Crippen LogP contribution in [0.1, 0.15) is 31.2 Å². The molecule has 0 aromatic heterocycles. The topological polar surface area (TPSA) is 32.8 Å². The second-order valence-electron chi connectivity index (χ2n) is 6.55. The van der Waals surface area contributed by atoms with Crippen molar-refractivity contribution in [3.05, 3.63) is 29.8 Å². The average molecular weight is 338 g/mol. The normalized spacial score (nSPS) is 19.9. The number of benzene rings is 1. The van der Waals surface area contributed by atoms with Gasteiger partial charge in [-0.05, 0) is 30.5 Å². The van der Waals surface area contributed by atoms with Crippen LogP contribution in [-0.4, -0.2) is 54.5 Å². The predicted octanol–water partition coefficient (Wildman–Crippen LogP) is 2.92. The van der Waals surface area contributed by atoms with Crippen LogP contribution in [0.15, 0.2) is 24.3 Å². The molecule has 0 N–H and O–H groups in total. The van der Waals surface area contributed by atoms with Crippen LogP contribution in [0, 0.1) is 0 Å². The lowest BCUT2D eigenvalue weighted by atomic mass is 10.1. The van der Waals surface area contributed by atoms with Crippen molar-refractivity contribution in [2.75, 3.05) is 26.2 Å². The summed E-state index contributed by atoms with van der Waals surface area (Å²) in [5, 5.41) is 0. The van der Waals surface area contributed by atoms with Gasteiger partial charge in [0.25, 0.3) is 0 Å². The Labute approximate surface area is 141 Å². The summed E-state index contributed by atoms with van der Waals surface area (Å²) in [7, 11) is 0. The van der Waals surface area contributed by atoms with Gasteiger partial charge in [0.05, 0.1) is 6.42 Å². The van der Waals surface area contributed by atoms with Gasteiger partial charge in [-0.3, -0.25) is 9.69 Å². The molecule has 0 atom stereocenters. The van der Waals surface area contributed by atoms with Gasteiger partial charge in [-0.2, -0.15) is 8.78 Å². The summed E-state index contributed by atoms with van der Waals surface area (Å²) in [5.41, 5.74) is 0.819. The maximum absolute atomic E-state index is 12.4. The van der Waals surface area contributed by atoms with E-state index in [1.165, 1.54) is 37.8 Å². The van der Waals surface area contributed by atoms with Crippen LogP contribution in [0.3, 0.4) is 0 Å². The third-order valence-electron chi connectivity index (χ3n) is 5.01. The molecule has 2 fully saturated rings. The fourth-order valence-corrected chi connectivity index (χ4v) is 3.68. The Bertz CT molecular complexity index is 536. The first-order valence-electron chi connectivity index (χ1n) is 8.67. The number of amides is 1. The number of nitrogens with zero attached hydrogens (tertiary/aromatic N) is 2. The molecule has 1 heterocycles. The van der Waals surface area contributed by atoms with E-state index in [4.69, 9.17) is 0 Å². The number of rotatable bonds is 5. The van der Waals surface area contributed by atoms with E-state index in [1.54, 1.807) is 12.1 Å². The lowest BCUT2D eigenvalue weighted by molar-refractivity contribution is -0.132. The van der Waals surface area contributed by atoms with E-state index in [0.29, 0.717) is 12.5 Å². The van der Waals surface area contributed by atoms with E-state index in [2.05, 4.69) is 9.64 Å². The molecule has 132 valence electrons. The molecular weight excluding hydrogens is 314 g/mol. The van der Waals surface area contributed by atoms with E-state index in [0.717, 1.165) is 31.7 Å². The van der Waals surface area contributed by atoms with Gasteiger partial charge in [0.15, 0.2) is 0 Å². The van der Waals surface area contributed by atoms with Gasteiger partial charge < -0.3 is 9.64 Å². The summed E-state index contributed by atoms with van der Waals surface area (Å²) < 4.78 is 28.6. The molecule has 1 aliphatic heterocycles. The van der Waals surface area contributed by atoms with Crippen LogP contribution >= 0.6 is 0 Å². The summed E-state index contributed by atoms with van der Waals surface area (Å²) in [6, 6.07) is 7.01. The smallest absolute Gasteiger partial charge is 0.387 e. The summed E-state index contributed by atoms with van der Waals surface area (Å²) in [6.45, 7) is 0.646. The molecule has 1 aliphatic carbocycles. The highest BCUT2D eigenvalue weighted by Crippen LogP contribution is 2.24. The molecule has 6 heteroatoms. The zero-order valence-corrected chi connectivity index (χ0v) is 13.8. The molecule has 3 rings (SSSR count). The highest BCUT2D eigenvalue weighted by Gasteiger charge is 2.27. The molecule has 0 radical (unpaired) electrons. The first-order valence-corrected chi connectivity index (χ1v) is 8.67. The van der Waals surface area contributed by atoms with Gasteiger partial charge in [0.1, 0.15) is 5.75 Å². The zero-order valence-electron chi connectivity index (χ0n) is 13.8. The molecule has 0 unspecified atom stereocenters. The first-order chi connectivity index (χ1) is 11.6. The van der Waals surface area contributed by atoms with Crippen LogP contribution in [0.2, 0.25) is 0 Å². The fourth-order valence-electron chi connectivity index (χ4n) is 3.68. The van der Waals surface area contributed by atoms with E-state index >= 15 is 0 Å². The predicted molar refractivity (Wildman–Crippen MR) is 87.2 cm³/mol. The molecule has 1 aromatic rings. The summed E-state index contributed by atoms with van der Waals surface area (Å²) >= 11 is 0. The minimum Gasteiger partial charge on any atom is -0.435 e. The quantitative estimate of drug-likeness (QED) is 0.828. The number of halogens is 2. The molecule has 1 saturated heterocycles. The number of carbonyl (C=O) groups is 1. The molecule has 4 nitrogen and oxygen atoms in total. The summed E-state index contributed by atoms with van der Waals surface area (Å²) in [4.78, 5) is 16.8. The van der Waals surface area contributed by atoms with Crippen molar-refractivity contribution >= 4 is 5.91 Å². The summed E-state index contributed by atoms with van der Waals surface area (Å²) in [6.07, 6.45) is 5.55. The third-order valence-corrected chi connectivity index (χ3v) is 5.01. The number of carbonyl (C=O) groups excluding carboxylic acids is 1. The van der Waals surface area contributed by atoms with E-state index in [-0.39, 0.29) is 11.7 Å². The monoisotopic (exact) mass is 338 g/mol. The number of piperazine rings is 1. The van der Waals surface area contributed by atoms with E-state index in [1.807, 2.05) is 4.90 Å². The Balaban J connectivity index is 1.47.